The van der Waals surface area contributed by atoms with Gasteiger partial charge in [0.2, 0.25) is 0 Å². The van der Waals surface area contributed by atoms with E-state index in [-0.39, 0.29) is 22.9 Å². The monoisotopic (exact) mass is 302 g/mol. The van der Waals surface area contributed by atoms with Crippen molar-refractivity contribution in [2.24, 2.45) is 0 Å². The smallest absolute Gasteiger partial charge is 0.311 e. The first-order valence-corrected chi connectivity index (χ1v) is 5.80. The fraction of sp³-hybridized carbons (Fsp3) is 0.300. The summed E-state index contributed by atoms with van der Waals surface area (Å²) in [7, 11) is 2.82. The minimum atomic E-state index is -0.580. The molecule has 17 heavy (non-hydrogen) atoms. The molecule has 0 aliphatic heterocycles. The Balaban J connectivity index is 3.44. The molecule has 0 aromatic heterocycles. The van der Waals surface area contributed by atoms with Crippen LogP contribution in [0.1, 0.15) is 15.9 Å². The van der Waals surface area contributed by atoms with Gasteiger partial charge in [-0.15, -0.1) is 0 Å². The van der Waals surface area contributed by atoms with E-state index >= 15 is 0 Å². The number of nitro groups is 1. The first-order chi connectivity index (χ1) is 8.04. The molecule has 0 fully saturated rings. The minimum Gasteiger partial charge on any atom is -0.490 e. The predicted molar refractivity (Wildman–Crippen MR) is 65.7 cm³/mol. The van der Waals surface area contributed by atoms with E-state index < -0.39 is 4.92 Å². The summed E-state index contributed by atoms with van der Waals surface area (Å²) in [4.78, 5) is 21.8. The second kappa shape index (κ2) is 5.62. The number of carbonyl (C=O) groups excluding carboxylic acids is 1. The van der Waals surface area contributed by atoms with Crippen LogP contribution in [0.15, 0.2) is 12.1 Å². The van der Waals surface area contributed by atoms with E-state index in [1.165, 1.54) is 26.3 Å². The highest BCUT2D eigenvalue weighted by Gasteiger charge is 2.21. The summed E-state index contributed by atoms with van der Waals surface area (Å²) in [6.07, 6.45) is 0. The third-order valence-electron chi connectivity index (χ3n) is 2.22. The Morgan fingerprint density at radius 2 is 2.24 bits per heavy atom. The molecule has 0 bridgehead atoms. The zero-order valence-electron chi connectivity index (χ0n) is 9.32. The van der Waals surface area contributed by atoms with Crippen molar-refractivity contribution in [2.75, 3.05) is 14.2 Å². The first kappa shape index (κ1) is 13.4. The zero-order valence-corrected chi connectivity index (χ0v) is 10.9. The van der Waals surface area contributed by atoms with E-state index in [0.717, 1.165) is 0 Å². The lowest BCUT2D eigenvalue weighted by molar-refractivity contribution is -0.385. The Hall–Kier alpha value is -1.63. The number of nitro benzene ring substituents is 1. The van der Waals surface area contributed by atoms with Crippen LogP contribution < -0.4 is 10.1 Å². The third-order valence-corrected chi connectivity index (χ3v) is 2.82. The molecule has 0 heterocycles. The number of methoxy groups -OCH3 is 1. The van der Waals surface area contributed by atoms with Crippen molar-refractivity contribution >= 4 is 27.5 Å². The standard InChI is InChI=1S/C10H11BrN2O4/c1-12-10(14)7-4-8(13(15)16)9(17-2)3-6(7)5-11/h3-4H,5H2,1-2H3,(H,12,14). The van der Waals surface area contributed by atoms with Gasteiger partial charge in [-0.3, -0.25) is 14.9 Å². The van der Waals surface area contributed by atoms with Crippen LogP contribution in [0.2, 0.25) is 0 Å². The van der Waals surface area contributed by atoms with E-state index in [9.17, 15) is 14.9 Å². The van der Waals surface area contributed by atoms with Gasteiger partial charge in [0.15, 0.2) is 5.75 Å². The largest absolute Gasteiger partial charge is 0.490 e. The molecule has 1 rings (SSSR count). The van der Waals surface area contributed by atoms with E-state index in [0.29, 0.717) is 10.9 Å². The average Bonchev–Trinajstić information content (AvgIpc) is 2.35. The number of ether oxygens (including phenoxy) is 1. The van der Waals surface area contributed by atoms with Gasteiger partial charge in [0.25, 0.3) is 5.91 Å². The van der Waals surface area contributed by atoms with Gasteiger partial charge >= 0.3 is 5.69 Å². The summed E-state index contributed by atoms with van der Waals surface area (Å²) in [5, 5.41) is 13.7. The maximum absolute atomic E-state index is 11.6. The molecular weight excluding hydrogens is 292 g/mol. The minimum absolute atomic E-state index is 0.136. The Morgan fingerprint density at radius 1 is 1.59 bits per heavy atom. The lowest BCUT2D eigenvalue weighted by Gasteiger charge is -2.09. The molecule has 1 N–H and O–H groups in total. The van der Waals surface area contributed by atoms with Gasteiger partial charge in [0, 0.05) is 18.4 Å². The molecule has 0 radical (unpaired) electrons. The van der Waals surface area contributed by atoms with Gasteiger partial charge < -0.3 is 10.1 Å². The number of benzene rings is 1. The molecule has 0 saturated heterocycles. The van der Waals surface area contributed by atoms with E-state index in [1.807, 2.05) is 0 Å². The Labute approximate surface area is 106 Å². The molecule has 0 aliphatic rings. The molecule has 6 nitrogen and oxygen atoms in total. The predicted octanol–water partition coefficient (Wildman–Crippen LogP) is 1.86. The molecule has 0 aliphatic carbocycles. The van der Waals surface area contributed by atoms with Crippen molar-refractivity contribution in [3.8, 4) is 5.75 Å². The van der Waals surface area contributed by atoms with Crippen LogP contribution in [-0.2, 0) is 5.33 Å². The fourth-order valence-corrected chi connectivity index (χ4v) is 1.84. The van der Waals surface area contributed by atoms with Gasteiger partial charge in [-0.1, -0.05) is 15.9 Å². The Kier molecular flexibility index (Phi) is 4.45. The van der Waals surface area contributed by atoms with Crippen molar-refractivity contribution in [3.63, 3.8) is 0 Å². The highest BCUT2D eigenvalue weighted by molar-refractivity contribution is 9.08. The average molecular weight is 303 g/mol. The summed E-state index contributed by atoms with van der Waals surface area (Å²) < 4.78 is 4.92. The molecule has 0 unspecified atom stereocenters. The SMILES string of the molecule is CNC(=O)c1cc([N+](=O)[O-])c(OC)cc1CBr. The molecule has 92 valence electrons. The van der Waals surface area contributed by atoms with E-state index in [4.69, 9.17) is 4.74 Å². The molecule has 1 aromatic carbocycles. The zero-order chi connectivity index (χ0) is 13.0. The van der Waals surface area contributed by atoms with Crippen LogP contribution >= 0.6 is 15.9 Å². The number of amides is 1. The van der Waals surface area contributed by atoms with Crippen molar-refractivity contribution in [3.05, 3.63) is 33.4 Å². The van der Waals surface area contributed by atoms with Crippen molar-refractivity contribution in [1.29, 1.82) is 0 Å². The Morgan fingerprint density at radius 3 is 2.65 bits per heavy atom. The summed E-state index contributed by atoms with van der Waals surface area (Å²) >= 11 is 3.23. The van der Waals surface area contributed by atoms with Crippen molar-refractivity contribution < 1.29 is 14.5 Å². The lowest BCUT2D eigenvalue weighted by Crippen LogP contribution is -2.19. The van der Waals surface area contributed by atoms with Crippen LogP contribution in [0.25, 0.3) is 0 Å². The fourth-order valence-electron chi connectivity index (χ4n) is 1.37. The number of rotatable bonds is 4. The van der Waals surface area contributed by atoms with Crippen molar-refractivity contribution in [2.45, 2.75) is 5.33 Å². The molecule has 0 saturated carbocycles. The highest BCUT2D eigenvalue weighted by Crippen LogP contribution is 2.31. The molecule has 0 spiro atoms. The van der Waals surface area contributed by atoms with E-state index in [1.54, 1.807) is 0 Å². The van der Waals surface area contributed by atoms with Crippen LogP contribution in [0.3, 0.4) is 0 Å². The van der Waals surface area contributed by atoms with E-state index in [2.05, 4.69) is 21.2 Å². The quantitative estimate of drug-likeness (QED) is 0.523. The summed E-state index contributed by atoms with van der Waals surface area (Å²) in [5.74, 6) is -0.234. The molecular formula is C10H11BrN2O4. The summed E-state index contributed by atoms with van der Waals surface area (Å²) in [5.41, 5.74) is 0.666. The number of nitrogens with zero attached hydrogens (tertiary/aromatic N) is 1. The number of nitrogens with one attached hydrogen (secondary N) is 1. The van der Waals surface area contributed by atoms with Crippen LogP contribution in [0.5, 0.6) is 5.75 Å². The van der Waals surface area contributed by atoms with Crippen LogP contribution in [-0.4, -0.2) is 25.0 Å². The summed E-state index contributed by atoms with van der Waals surface area (Å²) in [6, 6.07) is 2.70. The van der Waals surface area contributed by atoms with Gasteiger partial charge in [-0.2, -0.15) is 0 Å². The molecule has 7 heteroatoms. The second-order valence-electron chi connectivity index (χ2n) is 3.15. The molecule has 1 amide bonds. The normalized spacial score (nSPS) is 9.82. The first-order valence-electron chi connectivity index (χ1n) is 4.68. The molecule has 0 atom stereocenters. The topological polar surface area (TPSA) is 81.5 Å². The Bertz CT molecular complexity index is 462. The van der Waals surface area contributed by atoms with Gasteiger partial charge in [-0.05, 0) is 11.6 Å². The third kappa shape index (κ3) is 2.73. The highest BCUT2D eigenvalue weighted by atomic mass is 79.9. The number of alkyl halides is 1. The number of hydrogen-bond donors (Lipinski definition) is 1. The number of carbonyl (C=O) groups is 1. The van der Waals surface area contributed by atoms with Gasteiger partial charge in [0.05, 0.1) is 17.6 Å². The van der Waals surface area contributed by atoms with Crippen LogP contribution in [0.4, 0.5) is 5.69 Å². The maximum atomic E-state index is 11.6. The van der Waals surface area contributed by atoms with Crippen molar-refractivity contribution in [1.82, 2.24) is 5.32 Å². The lowest BCUT2D eigenvalue weighted by atomic mass is 10.1. The summed E-state index contributed by atoms with van der Waals surface area (Å²) in [6.45, 7) is 0. The molecule has 1 aromatic rings. The van der Waals surface area contributed by atoms with Gasteiger partial charge in [-0.25, -0.2) is 0 Å². The second-order valence-corrected chi connectivity index (χ2v) is 3.71. The van der Waals surface area contributed by atoms with Crippen LogP contribution in [0, 0.1) is 10.1 Å². The number of hydrogen-bond acceptors (Lipinski definition) is 4. The maximum Gasteiger partial charge on any atom is 0.311 e. The van der Waals surface area contributed by atoms with Gasteiger partial charge in [0.1, 0.15) is 0 Å². The number of halogens is 1.